The number of para-hydroxylation sites is 1. The van der Waals surface area contributed by atoms with Crippen molar-refractivity contribution in [2.75, 3.05) is 6.54 Å². The normalized spacial score (nSPS) is 15.0. The quantitative estimate of drug-likeness (QED) is 0.767. The molecule has 0 saturated carbocycles. The van der Waals surface area contributed by atoms with Gasteiger partial charge in [-0.05, 0) is 24.5 Å². The highest BCUT2D eigenvalue weighted by Gasteiger charge is 2.27. The van der Waals surface area contributed by atoms with E-state index in [1.54, 1.807) is 13.1 Å². The van der Waals surface area contributed by atoms with Gasteiger partial charge < -0.3 is 15.7 Å². The van der Waals surface area contributed by atoms with E-state index in [9.17, 15) is 9.90 Å². The van der Waals surface area contributed by atoms with Crippen molar-refractivity contribution in [2.24, 2.45) is 5.92 Å². The van der Waals surface area contributed by atoms with E-state index in [1.165, 1.54) is 0 Å². The second-order valence-electron chi connectivity index (χ2n) is 6.19. The summed E-state index contributed by atoms with van der Waals surface area (Å²) in [6.45, 7) is 6.36. The van der Waals surface area contributed by atoms with E-state index in [1.807, 2.05) is 44.2 Å². The van der Waals surface area contributed by atoms with Crippen molar-refractivity contribution in [3.63, 3.8) is 0 Å². The average molecular weight is 315 g/mol. The molecule has 0 radical (unpaired) electrons. The number of nitrogens with one attached hydrogen (secondary N) is 2. The number of pyridine rings is 1. The molecular formula is C18H25N3O2. The minimum atomic E-state index is -0.910. The number of aliphatic hydroxyl groups is 1. The highest BCUT2D eigenvalue weighted by molar-refractivity contribution is 5.82. The summed E-state index contributed by atoms with van der Waals surface area (Å²) in [5, 5.41) is 16.9. The van der Waals surface area contributed by atoms with Gasteiger partial charge in [-0.1, -0.05) is 44.5 Å². The van der Waals surface area contributed by atoms with Crippen molar-refractivity contribution in [3.05, 3.63) is 42.1 Å². The predicted octanol–water partition coefficient (Wildman–Crippen LogP) is 2.83. The van der Waals surface area contributed by atoms with Gasteiger partial charge in [0.2, 0.25) is 0 Å². The van der Waals surface area contributed by atoms with Crippen molar-refractivity contribution in [3.8, 4) is 0 Å². The lowest BCUT2D eigenvalue weighted by molar-refractivity contribution is 0.00790. The zero-order valence-corrected chi connectivity index (χ0v) is 14.0. The summed E-state index contributed by atoms with van der Waals surface area (Å²) in [6.07, 6.45) is 2.60. The van der Waals surface area contributed by atoms with Crippen LogP contribution in [0.5, 0.6) is 0 Å². The first-order chi connectivity index (χ1) is 10.9. The molecule has 2 unspecified atom stereocenters. The van der Waals surface area contributed by atoms with Gasteiger partial charge in [0.05, 0.1) is 11.1 Å². The molecule has 5 nitrogen and oxygen atoms in total. The number of rotatable bonds is 6. The van der Waals surface area contributed by atoms with Crippen molar-refractivity contribution in [1.29, 1.82) is 0 Å². The Balaban J connectivity index is 1.91. The van der Waals surface area contributed by atoms with Crippen molar-refractivity contribution in [1.82, 2.24) is 15.6 Å². The van der Waals surface area contributed by atoms with Gasteiger partial charge >= 0.3 is 6.03 Å². The fourth-order valence-corrected chi connectivity index (χ4v) is 2.42. The molecular weight excluding hydrogens is 290 g/mol. The number of amides is 2. The number of carbonyl (C=O) groups excluding carboxylic acids is 1. The minimum absolute atomic E-state index is 0.116. The highest BCUT2D eigenvalue weighted by atomic mass is 16.3. The first-order valence-electron chi connectivity index (χ1n) is 8.00. The number of nitrogens with zero attached hydrogens (tertiary/aromatic N) is 1. The molecule has 1 heterocycles. The molecule has 0 aliphatic rings. The fourth-order valence-electron chi connectivity index (χ4n) is 2.42. The number of hydrogen-bond acceptors (Lipinski definition) is 3. The SMILES string of the molecule is CCC(C)C(C)(O)CNC(=O)NCc1cccc2cccnc12. The Hall–Kier alpha value is -2.14. The zero-order chi connectivity index (χ0) is 16.9. The maximum atomic E-state index is 12.0. The Morgan fingerprint density at radius 2 is 2.04 bits per heavy atom. The lowest BCUT2D eigenvalue weighted by atomic mass is 9.89. The molecule has 2 atom stereocenters. The van der Waals surface area contributed by atoms with Crippen LogP contribution in [0.4, 0.5) is 4.79 Å². The molecule has 0 bridgehead atoms. The van der Waals surface area contributed by atoms with E-state index in [0.717, 1.165) is 22.9 Å². The number of hydrogen-bond donors (Lipinski definition) is 3. The standard InChI is InChI=1S/C18H25N3O2/c1-4-13(2)18(3,23)12-21-17(22)20-11-15-8-5-7-14-9-6-10-19-16(14)15/h5-10,13,23H,4,11-12H2,1-3H3,(H2,20,21,22). The van der Waals surface area contributed by atoms with Crippen LogP contribution in [-0.2, 0) is 6.54 Å². The number of carbonyl (C=O) groups is 1. The van der Waals surface area contributed by atoms with E-state index in [4.69, 9.17) is 0 Å². The summed E-state index contributed by atoms with van der Waals surface area (Å²) in [6, 6.07) is 9.49. The molecule has 5 heteroatoms. The molecule has 23 heavy (non-hydrogen) atoms. The van der Waals surface area contributed by atoms with Crippen LogP contribution in [0.3, 0.4) is 0 Å². The van der Waals surface area contributed by atoms with Crippen LogP contribution in [0.25, 0.3) is 10.9 Å². The largest absolute Gasteiger partial charge is 0.388 e. The maximum Gasteiger partial charge on any atom is 0.315 e. The molecule has 124 valence electrons. The average Bonchev–Trinajstić information content (AvgIpc) is 2.57. The number of urea groups is 1. The van der Waals surface area contributed by atoms with Gasteiger partial charge in [-0.2, -0.15) is 0 Å². The number of fused-ring (bicyclic) bond motifs is 1. The fraction of sp³-hybridized carbons (Fsp3) is 0.444. The van der Waals surface area contributed by atoms with Crippen LogP contribution in [0.15, 0.2) is 36.5 Å². The summed E-state index contributed by atoms with van der Waals surface area (Å²) in [5.74, 6) is 0.116. The van der Waals surface area contributed by atoms with E-state index in [0.29, 0.717) is 6.54 Å². The Bertz CT molecular complexity index is 665. The van der Waals surface area contributed by atoms with Gasteiger partial charge in [0, 0.05) is 24.7 Å². The molecule has 0 aliphatic heterocycles. The second kappa shape index (κ2) is 7.42. The summed E-state index contributed by atoms with van der Waals surface area (Å²) in [7, 11) is 0. The van der Waals surface area contributed by atoms with E-state index in [2.05, 4.69) is 15.6 Å². The molecule has 1 aromatic carbocycles. The number of benzene rings is 1. The Labute approximate surface area is 137 Å². The third kappa shape index (κ3) is 4.42. The first kappa shape index (κ1) is 17.2. The van der Waals surface area contributed by atoms with Crippen molar-refractivity contribution >= 4 is 16.9 Å². The summed E-state index contributed by atoms with van der Waals surface area (Å²) < 4.78 is 0. The second-order valence-corrected chi connectivity index (χ2v) is 6.19. The molecule has 0 saturated heterocycles. The van der Waals surface area contributed by atoms with Crippen molar-refractivity contribution in [2.45, 2.75) is 39.3 Å². The first-order valence-corrected chi connectivity index (χ1v) is 8.00. The third-order valence-electron chi connectivity index (χ3n) is 4.44. The van der Waals surface area contributed by atoms with Gasteiger partial charge in [-0.15, -0.1) is 0 Å². The van der Waals surface area contributed by atoms with Crippen LogP contribution in [0.1, 0.15) is 32.8 Å². The summed E-state index contributed by atoms with van der Waals surface area (Å²) >= 11 is 0. The molecule has 0 fully saturated rings. The Kier molecular flexibility index (Phi) is 5.55. The zero-order valence-electron chi connectivity index (χ0n) is 14.0. The van der Waals surface area contributed by atoms with Gasteiger partial charge in [0.1, 0.15) is 0 Å². The van der Waals surface area contributed by atoms with Crippen LogP contribution < -0.4 is 10.6 Å². The van der Waals surface area contributed by atoms with Gasteiger partial charge in [0.15, 0.2) is 0 Å². The van der Waals surface area contributed by atoms with Crippen LogP contribution in [0.2, 0.25) is 0 Å². The van der Waals surface area contributed by atoms with Gasteiger partial charge in [-0.3, -0.25) is 4.98 Å². The van der Waals surface area contributed by atoms with Gasteiger partial charge in [0.25, 0.3) is 0 Å². The maximum absolute atomic E-state index is 12.0. The van der Waals surface area contributed by atoms with Gasteiger partial charge in [-0.25, -0.2) is 4.79 Å². The minimum Gasteiger partial charge on any atom is -0.388 e. The lowest BCUT2D eigenvalue weighted by Gasteiger charge is -2.29. The molecule has 2 amide bonds. The molecule has 3 N–H and O–H groups in total. The summed E-state index contributed by atoms with van der Waals surface area (Å²) in [5.41, 5.74) is 0.946. The molecule has 2 aromatic rings. The van der Waals surface area contributed by atoms with E-state index in [-0.39, 0.29) is 18.5 Å². The van der Waals surface area contributed by atoms with E-state index < -0.39 is 5.60 Å². The van der Waals surface area contributed by atoms with E-state index >= 15 is 0 Å². The van der Waals surface area contributed by atoms with Crippen LogP contribution in [0, 0.1) is 5.92 Å². The predicted molar refractivity (Wildman–Crippen MR) is 92.1 cm³/mol. The molecule has 0 aliphatic carbocycles. The molecule has 1 aromatic heterocycles. The Morgan fingerprint density at radius 1 is 1.30 bits per heavy atom. The van der Waals surface area contributed by atoms with Crippen LogP contribution in [-0.4, -0.2) is 28.3 Å². The third-order valence-corrected chi connectivity index (χ3v) is 4.44. The lowest BCUT2D eigenvalue weighted by Crippen LogP contribution is -2.47. The molecule has 0 spiro atoms. The summed E-state index contributed by atoms with van der Waals surface area (Å²) in [4.78, 5) is 16.3. The highest BCUT2D eigenvalue weighted by Crippen LogP contribution is 2.19. The van der Waals surface area contributed by atoms with Crippen molar-refractivity contribution < 1.29 is 9.90 Å². The molecule has 2 rings (SSSR count). The topological polar surface area (TPSA) is 74.2 Å². The number of aromatic nitrogens is 1. The monoisotopic (exact) mass is 315 g/mol. The van der Waals surface area contributed by atoms with Crippen LogP contribution >= 0.6 is 0 Å². The smallest absolute Gasteiger partial charge is 0.315 e. The Morgan fingerprint density at radius 3 is 2.78 bits per heavy atom.